The van der Waals surface area contributed by atoms with E-state index in [2.05, 4.69) is 10.3 Å². The van der Waals surface area contributed by atoms with Gasteiger partial charge in [-0.1, -0.05) is 0 Å². The molecule has 1 aliphatic rings. The summed E-state index contributed by atoms with van der Waals surface area (Å²) >= 11 is 0. The first-order valence-corrected chi connectivity index (χ1v) is 6.19. The summed E-state index contributed by atoms with van der Waals surface area (Å²) in [6, 6.07) is 3.07. The molecule has 6 heteroatoms. The van der Waals surface area contributed by atoms with Crippen molar-refractivity contribution in [3.8, 4) is 0 Å². The number of aromatic nitrogens is 1. The highest BCUT2D eigenvalue weighted by molar-refractivity contribution is 5.69. The van der Waals surface area contributed by atoms with E-state index in [0.717, 1.165) is 5.69 Å². The predicted octanol–water partition coefficient (Wildman–Crippen LogP) is 2.25. The lowest BCUT2D eigenvalue weighted by molar-refractivity contribution is 0.0105. The van der Waals surface area contributed by atoms with E-state index in [0.29, 0.717) is 13.1 Å². The van der Waals surface area contributed by atoms with Crippen LogP contribution in [-0.4, -0.2) is 40.7 Å². The molecule has 104 valence electrons. The fourth-order valence-electron chi connectivity index (χ4n) is 1.74. The minimum Gasteiger partial charge on any atom is -0.444 e. The summed E-state index contributed by atoms with van der Waals surface area (Å²) in [6.45, 7) is 6.67. The van der Waals surface area contributed by atoms with Crippen molar-refractivity contribution in [1.29, 1.82) is 0 Å². The number of carbonyl (C=O) groups is 1. The van der Waals surface area contributed by atoms with Gasteiger partial charge in [-0.25, -0.2) is 9.78 Å². The van der Waals surface area contributed by atoms with Gasteiger partial charge in [-0.3, -0.25) is 0 Å². The molecule has 1 aromatic heterocycles. The maximum Gasteiger partial charge on any atom is 0.410 e. The molecule has 19 heavy (non-hydrogen) atoms. The van der Waals surface area contributed by atoms with E-state index in [1.54, 1.807) is 11.0 Å². The second-order valence-electron chi connectivity index (χ2n) is 5.60. The molecule has 0 spiro atoms. The summed E-state index contributed by atoms with van der Waals surface area (Å²) < 4.78 is 17.9. The summed E-state index contributed by atoms with van der Waals surface area (Å²) in [7, 11) is 0. The Morgan fingerprint density at radius 1 is 1.47 bits per heavy atom. The van der Waals surface area contributed by atoms with Crippen molar-refractivity contribution in [3.05, 3.63) is 24.3 Å². The molecule has 2 rings (SSSR count). The van der Waals surface area contributed by atoms with Crippen molar-refractivity contribution in [1.82, 2.24) is 9.88 Å². The Morgan fingerprint density at radius 2 is 2.16 bits per heavy atom. The van der Waals surface area contributed by atoms with E-state index in [1.807, 2.05) is 20.8 Å². The molecule has 1 N–H and O–H groups in total. The van der Waals surface area contributed by atoms with E-state index >= 15 is 0 Å². The van der Waals surface area contributed by atoms with Gasteiger partial charge in [0.2, 0.25) is 5.95 Å². The maximum atomic E-state index is 12.6. The number of nitrogens with one attached hydrogen (secondary N) is 1. The molecule has 5 nitrogen and oxygen atoms in total. The lowest BCUT2D eigenvalue weighted by Crippen LogP contribution is -2.57. The van der Waals surface area contributed by atoms with Gasteiger partial charge in [-0.05, 0) is 32.9 Å². The number of carbonyl (C=O) groups excluding carboxylic acids is 1. The number of likely N-dealkylation sites (tertiary alicyclic amines) is 1. The number of halogens is 1. The Labute approximate surface area is 111 Å². The molecule has 0 radical (unpaired) electrons. The van der Waals surface area contributed by atoms with Crippen LogP contribution in [0, 0.1) is 5.95 Å². The normalized spacial score (nSPS) is 15.9. The Hall–Kier alpha value is -1.85. The fraction of sp³-hybridized carbons (Fsp3) is 0.538. The Kier molecular flexibility index (Phi) is 3.59. The van der Waals surface area contributed by atoms with Gasteiger partial charge in [0.25, 0.3) is 0 Å². The van der Waals surface area contributed by atoms with Crippen LogP contribution in [0.25, 0.3) is 0 Å². The maximum absolute atomic E-state index is 12.6. The third kappa shape index (κ3) is 3.81. The Balaban J connectivity index is 1.77. The van der Waals surface area contributed by atoms with Gasteiger partial charge in [-0.2, -0.15) is 4.39 Å². The SMILES string of the molecule is CC(C)(C)OC(=O)N1CC(Nc2ccc(F)nc2)C1. The van der Waals surface area contributed by atoms with Gasteiger partial charge in [0, 0.05) is 13.1 Å². The second-order valence-corrected chi connectivity index (χ2v) is 5.60. The van der Waals surface area contributed by atoms with Gasteiger partial charge in [0.05, 0.1) is 17.9 Å². The lowest BCUT2D eigenvalue weighted by Gasteiger charge is -2.40. The van der Waals surface area contributed by atoms with E-state index in [1.165, 1.54) is 12.3 Å². The molecular formula is C13H18FN3O2. The van der Waals surface area contributed by atoms with Crippen LogP contribution in [-0.2, 0) is 4.74 Å². The monoisotopic (exact) mass is 267 g/mol. The second kappa shape index (κ2) is 5.03. The van der Waals surface area contributed by atoms with Gasteiger partial charge in [0.15, 0.2) is 0 Å². The highest BCUT2D eigenvalue weighted by Gasteiger charge is 2.33. The van der Waals surface area contributed by atoms with E-state index in [4.69, 9.17) is 4.74 Å². The first-order valence-electron chi connectivity index (χ1n) is 6.19. The van der Waals surface area contributed by atoms with Crippen LogP contribution in [0.15, 0.2) is 18.3 Å². The Morgan fingerprint density at radius 3 is 2.68 bits per heavy atom. The molecule has 1 saturated heterocycles. The first kappa shape index (κ1) is 13.6. The van der Waals surface area contributed by atoms with Crippen LogP contribution in [0.3, 0.4) is 0 Å². The topological polar surface area (TPSA) is 54.5 Å². The highest BCUT2D eigenvalue weighted by Crippen LogP contribution is 2.18. The molecule has 1 aromatic rings. The molecule has 0 aliphatic carbocycles. The highest BCUT2D eigenvalue weighted by atomic mass is 19.1. The molecule has 1 aliphatic heterocycles. The smallest absolute Gasteiger partial charge is 0.410 e. The summed E-state index contributed by atoms with van der Waals surface area (Å²) in [4.78, 5) is 16.9. The minimum absolute atomic E-state index is 0.153. The molecule has 2 heterocycles. The summed E-state index contributed by atoms with van der Waals surface area (Å²) in [6.07, 6.45) is 1.13. The van der Waals surface area contributed by atoms with Crippen LogP contribution in [0.5, 0.6) is 0 Å². The lowest BCUT2D eigenvalue weighted by atomic mass is 10.1. The number of anilines is 1. The van der Waals surface area contributed by atoms with E-state index in [-0.39, 0.29) is 12.1 Å². The third-order valence-corrected chi connectivity index (χ3v) is 2.63. The molecular weight excluding hydrogens is 249 g/mol. The summed E-state index contributed by atoms with van der Waals surface area (Å²) in [5.41, 5.74) is 0.270. The van der Waals surface area contributed by atoms with E-state index < -0.39 is 11.5 Å². The number of amides is 1. The molecule has 0 atom stereocenters. The quantitative estimate of drug-likeness (QED) is 0.835. The fourth-order valence-corrected chi connectivity index (χ4v) is 1.74. The molecule has 0 bridgehead atoms. The zero-order valence-corrected chi connectivity index (χ0v) is 11.3. The van der Waals surface area contributed by atoms with Crippen molar-refractivity contribution < 1.29 is 13.9 Å². The van der Waals surface area contributed by atoms with Crippen LogP contribution in [0.4, 0.5) is 14.9 Å². The largest absolute Gasteiger partial charge is 0.444 e. The molecule has 1 amide bonds. The number of rotatable bonds is 2. The molecule has 0 saturated carbocycles. The predicted molar refractivity (Wildman–Crippen MR) is 69.4 cm³/mol. The number of hydrogen-bond donors (Lipinski definition) is 1. The number of nitrogens with zero attached hydrogens (tertiary/aromatic N) is 2. The van der Waals surface area contributed by atoms with Crippen molar-refractivity contribution in [3.63, 3.8) is 0 Å². The van der Waals surface area contributed by atoms with Gasteiger partial charge >= 0.3 is 6.09 Å². The van der Waals surface area contributed by atoms with Crippen molar-refractivity contribution in [2.45, 2.75) is 32.4 Å². The average Bonchev–Trinajstić information content (AvgIpc) is 2.22. The van der Waals surface area contributed by atoms with Gasteiger partial charge in [0.1, 0.15) is 5.60 Å². The van der Waals surface area contributed by atoms with Gasteiger partial charge in [-0.15, -0.1) is 0 Å². The minimum atomic E-state index is -0.505. The summed E-state index contributed by atoms with van der Waals surface area (Å²) in [5, 5.41) is 3.17. The molecule has 1 fully saturated rings. The standard InChI is InChI=1S/C13H18FN3O2/c1-13(2,3)19-12(18)17-7-10(8-17)16-9-4-5-11(14)15-6-9/h4-6,10,16H,7-8H2,1-3H3. The van der Waals surface area contributed by atoms with Crippen LogP contribution >= 0.6 is 0 Å². The number of pyridine rings is 1. The van der Waals surface area contributed by atoms with Crippen LogP contribution in [0.1, 0.15) is 20.8 Å². The molecule has 0 unspecified atom stereocenters. The Bertz CT molecular complexity index is 450. The van der Waals surface area contributed by atoms with Crippen molar-refractivity contribution >= 4 is 11.8 Å². The van der Waals surface area contributed by atoms with E-state index in [9.17, 15) is 9.18 Å². The average molecular weight is 267 g/mol. The summed E-state index contributed by atoms with van der Waals surface area (Å²) in [5.74, 6) is -0.505. The van der Waals surface area contributed by atoms with Gasteiger partial charge < -0.3 is 15.0 Å². The third-order valence-electron chi connectivity index (χ3n) is 2.63. The van der Waals surface area contributed by atoms with Crippen molar-refractivity contribution in [2.24, 2.45) is 0 Å². The van der Waals surface area contributed by atoms with Crippen molar-refractivity contribution in [2.75, 3.05) is 18.4 Å². The number of ether oxygens (including phenoxy) is 1. The zero-order chi connectivity index (χ0) is 14.0. The zero-order valence-electron chi connectivity index (χ0n) is 11.3. The van der Waals surface area contributed by atoms with Crippen LogP contribution < -0.4 is 5.32 Å². The number of hydrogen-bond acceptors (Lipinski definition) is 4. The first-order chi connectivity index (χ1) is 8.83. The molecule has 0 aromatic carbocycles. The van der Waals surface area contributed by atoms with Crippen LogP contribution in [0.2, 0.25) is 0 Å².